The van der Waals surface area contributed by atoms with E-state index in [1.54, 1.807) is 37.4 Å². The number of hydrogen-bond donors (Lipinski definition) is 2. The summed E-state index contributed by atoms with van der Waals surface area (Å²) in [7, 11) is 1.59. The van der Waals surface area contributed by atoms with Gasteiger partial charge in [0.25, 0.3) is 0 Å². The molecule has 2 rings (SSSR count). The minimum atomic E-state index is -0.971. The van der Waals surface area contributed by atoms with E-state index in [2.05, 4.69) is 5.32 Å². The lowest BCUT2D eigenvalue weighted by Crippen LogP contribution is -2.12. The van der Waals surface area contributed by atoms with Gasteiger partial charge in [0.05, 0.1) is 17.2 Å². The molecule has 138 valence electrons. The predicted octanol–water partition coefficient (Wildman–Crippen LogP) is 3.63. The lowest BCUT2D eigenvalue weighted by atomic mass is 10.1. The third-order valence-corrected chi connectivity index (χ3v) is 3.90. The topological polar surface area (TPSA) is 84.9 Å². The number of rotatable bonds is 9. The second kappa shape index (κ2) is 9.79. The molecule has 0 bridgehead atoms. The summed E-state index contributed by atoms with van der Waals surface area (Å²) in [6.07, 6.45) is 0.786. The standard InChI is InChI=1S/C19H20ClNO5/c1-25-10-11-26-17-8-7-15(12-16(17)20)21-18(22)9-4-13-2-5-14(6-3-13)19(23)24/h2-3,5-8,12H,4,9-11H2,1H3,(H,21,22)(H,23,24). The maximum Gasteiger partial charge on any atom is 0.335 e. The van der Waals surface area contributed by atoms with E-state index in [1.165, 1.54) is 12.1 Å². The molecule has 26 heavy (non-hydrogen) atoms. The zero-order valence-corrected chi connectivity index (χ0v) is 15.1. The van der Waals surface area contributed by atoms with Crippen LogP contribution in [0.1, 0.15) is 22.3 Å². The molecule has 0 atom stereocenters. The average Bonchev–Trinajstić information content (AvgIpc) is 2.62. The maximum absolute atomic E-state index is 12.1. The van der Waals surface area contributed by atoms with Gasteiger partial charge in [0.1, 0.15) is 12.4 Å². The molecule has 1 amide bonds. The number of nitrogens with one attached hydrogen (secondary N) is 1. The summed E-state index contributed by atoms with van der Waals surface area (Å²) in [6.45, 7) is 0.852. The summed E-state index contributed by atoms with van der Waals surface area (Å²) in [5.74, 6) is -0.600. The molecule has 0 radical (unpaired) electrons. The van der Waals surface area contributed by atoms with Gasteiger partial charge in [-0.15, -0.1) is 0 Å². The van der Waals surface area contributed by atoms with Crippen molar-refractivity contribution in [2.45, 2.75) is 12.8 Å². The van der Waals surface area contributed by atoms with Crippen molar-refractivity contribution >= 4 is 29.2 Å². The molecule has 0 aliphatic carbocycles. The highest BCUT2D eigenvalue weighted by Crippen LogP contribution is 2.27. The van der Waals surface area contributed by atoms with Crippen LogP contribution in [0.25, 0.3) is 0 Å². The van der Waals surface area contributed by atoms with Crippen LogP contribution in [0.15, 0.2) is 42.5 Å². The molecule has 0 aliphatic heterocycles. The van der Waals surface area contributed by atoms with Crippen molar-refractivity contribution in [3.63, 3.8) is 0 Å². The van der Waals surface area contributed by atoms with Crippen molar-refractivity contribution in [2.75, 3.05) is 25.6 Å². The van der Waals surface area contributed by atoms with E-state index in [9.17, 15) is 9.59 Å². The molecule has 0 heterocycles. The number of anilines is 1. The van der Waals surface area contributed by atoms with Crippen LogP contribution in [0.2, 0.25) is 5.02 Å². The molecular weight excluding hydrogens is 358 g/mol. The van der Waals surface area contributed by atoms with E-state index in [0.717, 1.165) is 5.56 Å². The number of aryl methyl sites for hydroxylation is 1. The number of hydrogen-bond acceptors (Lipinski definition) is 4. The SMILES string of the molecule is COCCOc1ccc(NC(=O)CCc2ccc(C(=O)O)cc2)cc1Cl. The molecular formula is C19H20ClNO5. The second-order valence-corrected chi connectivity index (χ2v) is 5.94. The van der Waals surface area contributed by atoms with Crippen molar-refractivity contribution in [2.24, 2.45) is 0 Å². The molecule has 0 unspecified atom stereocenters. The first kappa shape index (κ1) is 19.8. The molecule has 0 fully saturated rings. The van der Waals surface area contributed by atoms with Crippen molar-refractivity contribution in [3.8, 4) is 5.75 Å². The van der Waals surface area contributed by atoms with E-state index >= 15 is 0 Å². The zero-order valence-electron chi connectivity index (χ0n) is 14.3. The van der Waals surface area contributed by atoms with Gasteiger partial charge in [-0.2, -0.15) is 0 Å². The highest BCUT2D eigenvalue weighted by Gasteiger charge is 2.08. The lowest BCUT2D eigenvalue weighted by Gasteiger charge is -2.10. The summed E-state index contributed by atoms with van der Waals surface area (Å²) in [5, 5.41) is 12.1. The van der Waals surface area contributed by atoms with Crippen LogP contribution in [0.4, 0.5) is 5.69 Å². The van der Waals surface area contributed by atoms with Gasteiger partial charge in [0, 0.05) is 19.2 Å². The van der Waals surface area contributed by atoms with E-state index in [4.69, 9.17) is 26.2 Å². The largest absolute Gasteiger partial charge is 0.490 e. The third kappa shape index (κ3) is 6.06. The van der Waals surface area contributed by atoms with E-state index in [0.29, 0.717) is 36.1 Å². The molecule has 2 aromatic carbocycles. The predicted molar refractivity (Wildman–Crippen MR) is 99.2 cm³/mol. The Morgan fingerprint density at radius 3 is 2.46 bits per heavy atom. The first-order valence-electron chi connectivity index (χ1n) is 8.03. The second-order valence-electron chi connectivity index (χ2n) is 5.54. The molecule has 0 saturated heterocycles. The fourth-order valence-electron chi connectivity index (χ4n) is 2.23. The number of aromatic carboxylic acids is 1. The van der Waals surface area contributed by atoms with Gasteiger partial charge in [0.15, 0.2) is 0 Å². The van der Waals surface area contributed by atoms with Gasteiger partial charge in [-0.1, -0.05) is 23.7 Å². The molecule has 2 aromatic rings. The normalized spacial score (nSPS) is 10.4. The summed E-state index contributed by atoms with van der Waals surface area (Å²) >= 11 is 6.14. The van der Waals surface area contributed by atoms with Gasteiger partial charge < -0.3 is 19.9 Å². The van der Waals surface area contributed by atoms with E-state index < -0.39 is 5.97 Å². The Bertz CT molecular complexity index is 761. The molecule has 2 N–H and O–H groups in total. The van der Waals surface area contributed by atoms with Crippen LogP contribution in [0.3, 0.4) is 0 Å². The fourth-order valence-corrected chi connectivity index (χ4v) is 2.46. The summed E-state index contributed by atoms with van der Waals surface area (Å²) < 4.78 is 10.4. The zero-order chi connectivity index (χ0) is 18.9. The number of ether oxygens (including phenoxy) is 2. The van der Waals surface area contributed by atoms with Crippen molar-refractivity contribution in [1.82, 2.24) is 0 Å². The first-order chi connectivity index (χ1) is 12.5. The number of methoxy groups -OCH3 is 1. The Kier molecular flexibility index (Phi) is 7.44. The number of benzene rings is 2. The Morgan fingerprint density at radius 1 is 1.12 bits per heavy atom. The molecule has 0 saturated carbocycles. The van der Waals surface area contributed by atoms with Gasteiger partial charge >= 0.3 is 5.97 Å². The van der Waals surface area contributed by atoms with Crippen LogP contribution in [0, 0.1) is 0 Å². The Labute approximate surface area is 156 Å². The molecule has 6 nitrogen and oxygen atoms in total. The van der Waals surface area contributed by atoms with Gasteiger partial charge in [-0.05, 0) is 42.3 Å². The monoisotopic (exact) mass is 377 g/mol. The Morgan fingerprint density at radius 2 is 1.85 bits per heavy atom. The van der Waals surface area contributed by atoms with Crippen molar-refractivity contribution in [1.29, 1.82) is 0 Å². The van der Waals surface area contributed by atoms with Crippen LogP contribution in [-0.2, 0) is 16.0 Å². The quantitative estimate of drug-likeness (QED) is 0.652. The Hall–Kier alpha value is -2.57. The molecule has 0 spiro atoms. The number of carbonyl (C=O) groups is 2. The third-order valence-electron chi connectivity index (χ3n) is 3.60. The van der Waals surface area contributed by atoms with Gasteiger partial charge in [-0.25, -0.2) is 4.79 Å². The molecule has 7 heteroatoms. The number of halogens is 1. The Balaban J connectivity index is 1.85. The van der Waals surface area contributed by atoms with E-state index in [-0.39, 0.29) is 17.9 Å². The van der Waals surface area contributed by atoms with Gasteiger partial charge in [0.2, 0.25) is 5.91 Å². The smallest absolute Gasteiger partial charge is 0.335 e. The highest BCUT2D eigenvalue weighted by molar-refractivity contribution is 6.32. The number of carboxylic acid groups (broad SMARTS) is 1. The summed E-state index contributed by atoms with van der Waals surface area (Å²) in [6, 6.07) is 11.5. The van der Waals surface area contributed by atoms with Crippen molar-refractivity contribution in [3.05, 3.63) is 58.6 Å². The van der Waals surface area contributed by atoms with Crippen molar-refractivity contribution < 1.29 is 24.2 Å². The molecule has 0 aromatic heterocycles. The van der Waals surface area contributed by atoms with Crippen LogP contribution in [-0.4, -0.2) is 37.3 Å². The number of carbonyl (C=O) groups excluding carboxylic acids is 1. The lowest BCUT2D eigenvalue weighted by molar-refractivity contribution is -0.116. The van der Waals surface area contributed by atoms with Crippen LogP contribution in [0.5, 0.6) is 5.75 Å². The van der Waals surface area contributed by atoms with Gasteiger partial charge in [-0.3, -0.25) is 4.79 Å². The van der Waals surface area contributed by atoms with Crippen LogP contribution < -0.4 is 10.1 Å². The minimum Gasteiger partial charge on any atom is -0.490 e. The van der Waals surface area contributed by atoms with E-state index in [1.807, 2.05) is 0 Å². The first-order valence-corrected chi connectivity index (χ1v) is 8.41. The number of amides is 1. The average molecular weight is 378 g/mol. The minimum absolute atomic E-state index is 0.156. The summed E-state index contributed by atoms with van der Waals surface area (Å²) in [5.41, 5.74) is 1.70. The highest BCUT2D eigenvalue weighted by atomic mass is 35.5. The molecule has 0 aliphatic rings. The fraction of sp³-hybridized carbons (Fsp3) is 0.263. The number of carboxylic acids is 1. The maximum atomic E-state index is 12.1. The summed E-state index contributed by atoms with van der Waals surface area (Å²) in [4.78, 5) is 22.9. The van der Waals surface area contributed by atoms with Crippen LogP contribution >= 0.6 is 11.6 Å².